The van der Waals surface area contributed by atoms with Crippen molar-refractivity contribution in [3.05, 3.63) is 0 Å². The monoisotopic (exact) mass is 386 g/mol. The van der Waals surface area contributed by atoms with Gasteiger partial charge >= 0.3 is 11.8 Å². The van der Waals surface area contributed by atoms with Crippen molar-refractivity contribution in [3.8, 4) is 0 Å². The summed E-state index contributed by atoms with van der Waals surface area (Å²) >= 11 is 0. The van der Waals surface area contributed by atoms with E-state index < -0.39 is 11.8 Å². The van der Waals surface area contributed by atoms with Crippen LogP contribution in [-0.4, -0.2) is 29.3 Å². The molecule has 4 nitrogen and oxygen atoms in total. The molecule has 0 bridgehead atoms. The van der Waals surface area contributed by atoms with Crippen molar-refractivity contribution < 1.29 is 23.8 Å². The van der Waals surface area contributed by atoms with E-state index in [1.165, 1.54) is 38.5 Å². The molecular weight excluding hydrogens is 347 g/mol. The highest BCUT2D eigenvalue weighted by Gasteiger charge is 2.37. The minimum Gasteiger partial charge on any atom is -0.462 e. The van der Waals surface area contributed by atoms with Gasteiger partial charge in [0.25, 0.3) is 0 Å². The van der Waals surface area contributed by atoms with Crippen LogP contribution in [0, 0.1) is 11.8 Å². The molecule has 0 aromatic heterocycles. The Morgan fingerprint density at radius 1 is 1.07 bits per heavy atom. The highest BCUT2D eigenvalue weighted by Crippen LogP contribution is 2.36. The Morgan fingerprint density at radius 3 is 2.41 bits per heavy atom. The number of carbonyl (C=O) groups is 2. The maximum Gasteiger partial charge on any atom is 0.371 e. The second kappa shape index (κ2) is 13.2. The first kappa shape index (κ1) is 24.1. The van der Waals surface area contributed by atoms with Crippen molar-refractivity contribution in [1.29, 1.82) is 0 Å². The van der Waals surface area contributed by atoms with Gasteiger partial charge in [-0.2, -0.15) is 4.39 Å². The fraction of sp³-hybridized carbons (Fsp3) is 0.909. The number of alkyl halides is 1. The molecule has 0 aliphatic heterocycles. The van der Waals surface area contributed by atoms with Gasteiger partial charge in [0.2, 0.25) is 0 Å². The van der Waals surface area contributed by atoms with E-state index in [-0.39, 0.29) is 18.9 Å². The molecule has 3 atom stereocenters. The van der Waals surface area contributed by atoms with Gasteiger partial charge in [-0.3, -0.25) is 4.79 Å². The predicted octanol–water partition coefficient (Wildman–Crippen LogP) is 5.50. The second-order valence-electron chi connectivity index (χ2n) is 8.01. The molecule has 0 radical (unpaired) electrons. The number of halogens is 1. The maximum absolute atomic E-state index is 13.8. The molecule has 1 aliphatic carbocycles. The molecule has 0 spiro atoms. The minimum absolute atomic E-state index is 0.0504. The zero-order chi connectivity index (χ0) is 20.1. The maximum atomic E-state index is 13.8. The van der Waals surface area contributed by atoms with Crippen molar-refractivity contribution in [2.75, 3.05) is 6.61 Å². The third kappa shape index (κ3) is 9.18. The molecule has 1 fully saturated rings. The fourth-order valence-electron chi connectivity index (χ4n) is 4.15. The molecule has 0 heterocycles. The van der Waals surface area contributed by atoms with Gasteiger partial charge in [-0.15, -0.1) is 0 Å². The van der Waals surface area contributed by atoms with Crippen LogP contribution in [0.4, 0.5) is 4.39 Å². The number of hydrogen-bond donors (Lipinski definition) is 1. The van der Waals surface area contributed by atoms with Crippen molar-refractivity contribution in [2.24, 2.45) is 11.8 Å². The number of hydrogen-bond acceptors (Lipinski definition) is 4. The van der Waals surface area contributed by atoms with Crippen LogP contribution >= 0.6 is 0 Å². The number of ether oxygens (including phenoxy) is 1. The molecule has 0 aromatic carbocycles. The molecule has 0 amide bonds. The molecule has 158 valence electrons. The number of rotatable bonds is 15. The summed E-state index contributed by atoms with van der Waals surface area (Å²) in [6.45, 7) is 3.85. The standard InChI is InChI=1S/C22H39FO4/c1-3-5-6-7-8-10-13-18-15-16-20(24)19(18)14-11-9-12-17-22(23,26)21(25)27-4-2/h18-19,26H,3-17H2,1-2H3/t18-,19+,22?/m0/s1. The normalized spacial score (nSPS) is 22.0. The first-order valence-electron chi connectivity index (χ1n) is 11.0. The first-order chi connectivity index (χ1) is 12.9. The molecule has 1 N–H and O–H groups in total. The summed E-state index contributed by atoms with van der Waals surface area (Å²) in [6, 6.07) is 0. The van der Waals surface area contributed by atoms with E-state index in [0.29, 0.717) is 31.0 Å². The number of Topliss-reactive ketones (excluding diaryl/α,β-unsaturated/α-hetero) is 1. The van der Waals surface area contributed by atoms with Gasteiger partial charge in [-0.1, -0.05) is 58.3 Å². The third-order valence-electron chi connectivity index (χ3n) is 5.78. The Hall–Kier alpha value is -0.970. The summed E-state index contributed by atoms with van der Waals surface area (Å²) < 4.78 is 18.3. The van der Waals surface area contributed by atoms with E-state index in [9.17, 15) is 19.1 Å². The molecule has 5 heteroatoms. The summed E-state index contributed by atoms with van der Waals surface area (Å²) in [5.74, 6) is -3.02. The number of ketones is 1. The topological polar surface area (TPSA) is 63.6 Å². The van der Waals surface area contributed by atoms with Gasteiger partial charge in [-0.25, -0.2) is 4.79 Å². The lowest BCUT2D eigenvalue weighted by molar-refractivity contribution is -0.188. The average Bonchev–Trinajstić information content (AvgIpc) is 2.98. The van der Waals surface area contributed by atoms with E-state index in [4.69, 9.17) is 0 Å². The molecule has 27 heavy (non-hydrogen) atoms. The van der Waals surface area contributed by atoms with E-state index >= 15 is 0 Å². The van der Waals surface area contributed by atoms with Crippen molar-refractivity contribution in [3.63, 3.8) is 0 Å². The van der Waals surface area contributed by atoms with E-state index in [2.05, 4.69) is 11.7 Å². The molecular formula is C22H39FO4. The number of unbranched alkanes of at least 4 members (excludes halogenated alkanes) is 7. The van der Waals surface area contributed by atoms with Gasteiger partial charge in [0.15, 0.2) is 0 Å². The zero-order valence-corrected chi connectivity index (χ0v) is 17.3. The van der Waals surface area contributed by atoms with Crippen molar-refractivity contribution in [1.82, 2.24) is 0 Å². The number of carbonyl (C=O) groups excluding carboxylic acids is 2. The smallest absolute Gasteiger partial charge is 0.371 e. The molecule has 0 aromatic rings. The summed E-state index contributed by atoms with van der Waals surface area (Å²) in [5, 5.41) is 9.49. The zero-order valence-electron chi connectivity index (χ0n) is 17.3. The second-order valence-corrected chi connectivity index (χ2v) is 8.01. The lowest BCUT2D eigenvalue weighted by Crippen LogP contribution is -2.35. The highest BCUT2D eigenvalue weighted by atomic mass is 19.2. The van der Waals surface area contributed by atoms with E-state index in [0.717, 1.165) is 25.7 Å². The van der Waals surface area contributed by atoms with Gasteiger partial charge < -0.3 is 9.84 Å². The van der Waals surface area contributed by atoms with Crippen LogP contribution in [0.25, 0.3) is 0 Å². The quantitative estimate of drug-likeness (QED) is 0.298. The Kier molecular flexibility index (Phi) is 11.8. The molecule has 1 saturated carbocycles. The van der Waals surface area contributed by atoms with Crippen LogP contribution < -0.4 is 0 Å². The minimum atomic E-state index is -2.89. The van der Waals surface area contributed by atoms with Gasteiger partial charge in [0.05, 0.1) is 6.61 Å². The largest absolute Gasteiger partial charge is 0.462 e. The van der Waals surface area contributed by atoms with E-state index in [1.807, 2.05) is 0 Å². The Bertz CT molecular complexity index is 436. The molecule has 1 aliphatic rings. The van der Waals surface area contributed by atoms with Crippen LogP contribution in [0.3, 0.4) is 0 Å². The van der Waals surface area contributed by atoms with Gasteiger partial charge in [0.1, 0.15) is 5.78 Å². The number of aliphatic hydroxyl groups is 1. The van der Waals surface area contributed by atoms with Crippen molar-refractivity contribution >= 4 is 11.8 Å². The Morgan fingerprint density at radius 2 is 1.70 bits per heavy atom. The average molecular weight is 387 g/mol. The molecule has 1 rings (SSSR count). The Labute approximate surface area is 164 Å². The Balaban J connectivity index is 2.21. The number of esters is 1. The summed E-state index contributed by atoms with van der Waals surface area (Å²) in [6.07, 6.45) is 13.1. The molecule has 0 saturated heterocycles. The summed E-state index contributed by atoms with van der Waals surface area (Å²) in [4.78, 5) is 23.5. The predicted molar refractivity (Wildman–Crippen MR) is 105 cm³/mol. The SMILES string of the molecule is CCCCCCCC[C@H]1CCC(=O)[C@@H]1CCCCCC(O)(F)C(=O)OCC. The van der Waals surface area contributed by atoms with Crippen LogP contribution in [0.5, 0.6) is 0 Å². The van der Waals surface area contributed by atoms with Crippen LogP contribution in [0.1, 0.15) is 104 Å². The van der Waals surface area contributed by atoms with Crippen molar-refractivity contribution in [2.45, 2.75) is 110 Å². The molecule has 1 unspecified atom stereocenters. The lowest BCUT2D eigenvalue weighted by atomic mass is 9.86. The fourth-order valence-corrected chi connectivity index (χ4v) is 4.15. The van der Waals surface area contributed by atoms with Gasteiger partial charge in [0, 0.05) is 18.8 Å². The third-order valence-corrected chi connectivity index (χ3v) is 5.78. The van der Waals surface area contributed by atoms with Gasteiger partial charge in [-0.05, 0) is 38.5 Å². The van der Waals surface area contributed by atoms with E-state index in [1.54, 1.807) is 6.92 Å². The van der Waals surface area contributed by atoms with Crippen LogP contribution in [-0.2, 0) is 14.3 Å². The van der Waals surface area contributed by atoms with Crippen LogP contribution in [0.2, 0.25) is 0 Å². The summed E-state index contributed by atoms with van der Waals surface area (Å²) in [5.41, 5.74) is 0. The highest BCUT2D eigenvalue weighted by molar-refractivity contribution is 5.83. The van der Waals surface area contributed by atoms with Crippen LogP contribution in [0.15, 0.2) is 0 Å². The summed E-state index contributed by atoms with van der Waals surface area (Å²) in [7, 11) is 0. The first-order valence-corrected chi connectivity index (χ1v) is 11.0. The lowest BCUT2D eigenvalue weighted by Gasteiger charge is -2.19.